The highest BCUT2D eigenvalue weighted by Gasteiger charge is 2.39. The molecule has 1 saturated heterocycles. The van der Waals surface area contributed by atoms with Crippen molar-refractivity contribution in [1.82, 2.24) is 10.2 Å². The average molecular weight is 254 g/mol. The third-order valence-electron chi connectivity index (χ3n) is 3.27. The van der Waals surface area contributed by atoms with Gasteiger partial charge in [-0.3, -0.25) is 9.59 Å². The standard InChI is InChI=1S/C14H26N2O2/c1-10(2)7-6-8-16-9-11(17)15-12(13(16)18)14(3,4)5/h10,12H,6-9H2,1-5H3,(H,15,17). The van der Waals surface area contributed by atoms with Crippen LogP contribution in [0.3, 0.4) is 0 Å². The smallest absolute Gasteiger partial charge is 0.246 e. The van der Waals surface area contributed by atoms with Gasteiger partial charge in [-0.05, 0) is 24.2 Å². The first-order valence-electron chi connectivity index (χ1n) is 6.80. The number of nitrogens with one attached hydrogen (secondary N) is 1. The van der Waals surface area contributed by atoms with Crippen molar-refractivity contribution in [3.8, 4) is 0 Å². The lowest BCUT2D eigenvalue weighted by molar-refractivity contribution is -0.147. The molecule has 0 radical (unpaired) electrons. The van der Waals surface area contributed by atoms with Gasteiger partial charge in [0.05, 0.1) is 6.54 Å². The quantitative estimate of drug-likeness (QED) is 0.831. The number of amides is 2. The summed E-state index contributed by atoms with van der Waals surface area (Å²) >= 11 is 0. The number of nitrogens with zero attached hydrogens (tertiary/aromatic N) is 1. The van der Waals surface area contributed by atoms with Crippen LogP contribution in [0.1, 0.15) is 47.5 Å². The van der Waals surface area contributed by atoms with Gasteiger partial charge in [-0.25, -0.2) is 0 Å². The Bertz CT molecular complexity index is 318. The molecule has 0 aliphatic carbocycles. The molecular weight excluding hydrogens is 228 g/mol. The first-order valence-corrected chi connectivity index (χ1v) is 6.80. The van der Waals surface area contributed by atoms with Crippen molar-refractivity contribution < 1.29 is 9.59 Å². The number of rotatable bonds is 4. The predicted octanol–water partition coefficient (Wildman–Crippen LogP) is 1.80. The highest BCUT2D eigenvalue weighted by atomic mass is 16.2. The summed E-state index contributed by atoms with van der Waals surface area (Å²) in [5, 5.41) is 2.81. The summed E-state index contributed by atoms with van der Waals surface area (Å²) in [5.74, 6) is 0.655. The number of carbonyl (C=O) groups excluding carboxylic acids is 2. The van der Waals surface area contributed by atoms with Gasteiger partial charge in [-0.15, -0.1) is 0 Å². The molecule has 0 aromatic rings. The van der Waals surface area contributed by atoms with Crippen LogP contribution in [0, 0.1) is 11.3 Å². The minimum absolute atomic E-state index is 0.0425. The molecule has 0 spiro atoms. The van der Waals surface area contributed by atoms with Crippen LogP contribution >= 0.6 is 0 Å². The van der Waals surface area contributed by atoms with E-state index < -0.39 is 6.04 Å². The van der Waals surface area contributed by atoms with E-state index in [-0.39, 0.29) is 23.8 Å². The lowest BCUT2D eigenvalue weighted by Crippen LogP contribution is -2.62. The zero-order valence-electron chi connectivity index (χ0n) is 12.2. The van der Waals surface area contributed by atoms with Crippen LogP contribution in [-0.2, 0) is 9.59 Å². The molecular formula is C14H26N2O2. The normalized spacial score (nSPS) is 21.4. The Hall–Kier alpha value is -1.06. The van der Waals surface area contributed by atoms with E-state index in [1.165, 1.54) is 0 Å². The maximum atomic E-state index is 12.3. The molecule has 0 aromatic heterocycles. The summed E-state index contributed by atoms with van der Waals surface area (Å²) in [6.45, 7) is 11.2. The van der Waals surface area contributed by atoms with Crippen molar-refractivity contribution in [1.29, 1.82) is 0 Å². The van der Waals surface area contributed by atoms with Crippen LogP contribution in [-0.4, -0.2) is 35.8 Å². The van der Waals surface area contributed by atoms with Crippen molar-refractivity contribution in [2.45, 2.75) is 53.5 Å². The topological polar surface area (TPSA) is 49.4 Å². The van der Waals surface area contributed by atoms with Crippen LogP contribution in [0.4, 0.5) is 0 Å². The Morgan fingerprint density at radius 2 is 1.94 bits per heavy atom. The highest BCUT2D eigenvalue weighted by Crippen LogP contribution is 2.23. The minimum Gasteiger partial charge on any atom is -0.342 e. The van der Waals surface area contributed by atoms with Gasteiger partial charge in [0.15, 0.2) is 0 Å². The number of carbonyl (C=O) groups is 2. The predicted molar refractivity (Wildman–Crippen MR) is 72.0 cm³/mol. The first-order chi connectivity index (χ1) is 8.21. The zero-order valence-corrected chi connectivity index (χ0v) is 12.2. The lowest BCUT2D eigenvalue weighted by atomic mass is 9.84. The molecule has 1 rings (SSSR count). The Balaban J connectivity index is 2.62. The molecule has 0 aromatic carbocycles. The fourth-order valence-electron chi connectivity index (χ4n) is 2.17. The van der Waals surface area contributed by atoms with Crippen LogP contribution in [0.5, 0.6) is 0 Å². The van der Waals surface area contributed by atoms with Gasteiger partial charge in [0.25, 0.3) is 0 Å². The third-order valence-corrected chi connectivity index (χ3v) is 3.27. The SMILES string of the molecule is CC(C)CCCN1CC(=O)NC(C(C)(C)C)C1=O. The van der Waals surface area contributed by atoms with Crippen LogP contribution < -0.4 is 5.32 Å². The van der Waals surface area contributed by atoms with Crippen molar-refractivity contribution in [2.24, 2.45) is 11.3 Å². The molecule has 1 aliphatic rings. The van der Waals surface area contributed by atoms with Gasteiger partial charge in [-0.1, -0.05) is 34.6 Å². The number of hydrogen-bond acceptors (Lipinski definition) is 2. The minimum atomic E-state index is -0.391. The van der Waals surface area contributed by atoms with E-state index >= 15 is 0 Å². The second-order valence-electron chi connectivity index (χ2n) is 6.66. The molecule has 104 valence electrons. The van der Waals surface area contributed by atoms with Crippen molar-refractivity contribution in [3.05, 3.63) is 0 Å². The molecule has 1 atom stereocenters. The van der Waals surface area contributed by atoms with Crippen molar-refractivity contribution in [3.63, 3.8) is 0 Å². The summed E-state index contributed by atoms with van der Waals surface area (Å²) in [7, 11) is 0. The number of piperazine rings is 1. The van der Waals surface area contributed by atoms with Gasteiger partial charge in [-0.2, -0.15) is 0 Å². The zero-order chi connectivity index (χ0) is 13.9. The number of hydrogen-bond donors (Lipinski definition) is 1. The fourth-order valence-corrected chi connectivity index (χ4v) is 2.17. The summed E-state index contributed by atoms with van der Waals surface area (Å²) < 4.78 is 0. The van der Waals surface area contributed by atoms with E-state index in [4.69, 9.17) is 0 Å². The summed E-state index contributed by atoms with van der Waals surface area (Å²) in [4.78, 5) is 25.7. The van der Waals surface area contributed by atoms with E-state index in [9.17, 15) is 9.59 Å². The molecule has 0 bridgehead atoms. The second kappa shape index (κ2) is 5.72. The van der Waals surface area contributed by atoms with Gasteiger partial charge in [0.2, 0.25) is 11.8 Å². The Morgan fingerprint density at radius 1 is 1.33 bits per heavy atom. The Labute approximate surface area is 110 Å². The summed E-state index contributed by atoms with van der Waals surface area (Å²) in [5.41, 5.74) is -0.233. The average Bonchev–Trinajstić information content (AvgIpc) is 2.20. The second-order valence-corrected chi connectivity index (χ2v) is 6.66. The third kappa shape index (κ3) is 4.00. The van der Waals surface area contributed by atoms with Crippen molar-refractivity contribution in [2.75, 3.05) is 13.1 Å². The van der Waals surface area contributed by atoms with Gasteiger partial charge >= 0.3 is 0 Å². The molecule has 1 unspecified atom stereocenters. The van der Waals surface area contributed by atoms with E-state index in [0.29, 0.717) is 12.5 Å². The molecule has 2 amide bonds. The fraction of sp³-hybridized carbons (Fsp3) is 0.857. The maximum Gasteiger partial charge on any atom is 0.246 e. The van der Waals surface area contributed by atoms with E-state index in [1.54, 1.807) is 4.90 Å². The Morgan fingerprint density at radius 3 is 2.44 bits per heavy atom. The molecule has 1 heterocycles. The molecule has 0 saturated carbocycles. The maximum absolute atomic E-state index is 12.3. The largest absolute Gasteiger partial charge is 0.342 e. The van der Waals surface area contributed by atoms with Crippen LogP contribution in [0.2, 0.25) is 0 Å². The first kappa shape index (κ1) is 15.0. The van der Waals surface area contributed by atoms with E-state index in [2.05, 4.69) is 19.2 Å². The Kier molecular flexibility index (Phi) is 4.77. The molecule has 1 fully saturated rings. The lowest BCUT2D eigenvalue weighted by Gasteiger charge is -2.39. The van der Waals surface area contributed by atoms with Gasteiger partial charge < -0.3 is 10.2 Å². The van der Waals surface area contributed by atoms with Gasteiger partial charge in [0, 0.05) is 6.54 Å². The molecule has 18 heavy (non-hydrogen) atoms. The highest BCUT2D eigenvalue weighted by molar-refractivity contribution is 5.95. The molecule has 4 heteroatoms. The molecule has 1 N–H and O–H groups in total. The molecule has 1 aliphatic heterocycles. The van der Waals surface area contributed by atoms with E-state index in [1.807, 2.05) is 20.8 Å². The summed E-state index contributed by atoms with van der Waals surface area (Å²) in [6, 6.07) is -0.391. The van der Waals surface area contributed by atoms with Crippen molar-refractivity contribution >= 4 is 11.8 Å². The van der Waals surface area contributed by atoms with Crippen LogP contribution in [0.15, 0.2) is 0 Å². The monoisotopic (exact) mass is 254 g/mol. The molecule has 4 nitrogen and oxygen atoms in total. The van der Waals surface area contributed by atoms with E-state index in [0.717, 1.165) is 12.8 Å². The summed E-state index contributed by atoms with van der Waals surface area (Å²) in [6.07, 6.45) is 2.05. The van der Waals surface area contributed by atoms with Gasteiger partial charge in [0.1, 0.15) is 6.04 Å². The van der Waals surface area contributed by atoms with Crippen LogP contribution in [0.25, 0.3) is 0 Å².